The number of rotatable bonds is 6. The third-order valence-corrected chi connectivity index (χ3v) is 2.88. The first-order valence-electron chi connectivity index (χ1n) is 5.93. The molecule has 1 aromatic heterocycles. The van der Waals surface area contributed by atoms with Crippen molar-refractivity contribution < 1.29 is 9.32 Å². The summed E-state index contributed by atoms with van der Waals surface area (Å²) < 4.78 is 4.96. The lowest BCUT2D eigenvalue weighted by atomic mass is 10.0. The van der Waals surface area contributed by atoms with E-state index in [1.165, 1.54) is 0 Å². The van der Waals surface area contributed by atoms with Gasteiger partial charge >= 0.3 is 0 Å². The Morgan fingerprint density at radius 3 is 2.82 bits per heavy atom. The average Bonchev–Trinajstić information content (AvgIpc) is 2.71. The lowest BCUT2D eigenvalue weighted by Crippen LogP contribution is -2.29. The van der Waals surface area contributed by atoms with E-state index in [1.54, 1.807) is 11.9 Å². The molecule has 0 aliphatic heterocycles. The predicted molar refractivity (Wildman–Crippen MR) is 65.2 cm³/mol. The van der Waals surface area contributed by atoms with Gasteiger partial charge in [0.25, 0.3) is 0 Å². The van der Waals surface area contributed by atoms with Gasteiger partial charge in [-0.05, 0) is 19.4 Å². The van der Waals surface area contributed by atoms with Gasteiger partial charge in [-0.3, -0.25) is 4.79 Å². The Bertz CT molecular complexity index is 358. The van der Waals surface area contributed by atoms with Gasteiger partial charge in [-0.2, -0.15) is 0 Å². The maximum atomic E-state index is 11.9. The molecule has 0 radical (unpaired) electrons. The summed E-state index contributed by atoms with van der Waals surface area (Å²) in [6.07, 6.45) is 1.43. The van der Waals surface area contributed by atoms with Gasteiger partial charge in [0.15, 0.2) is 0 Å². The molecule has 0 aliphatic rings. The van der Waals surface area contributed by atoms with Crippen molar-refractivity contribution in [3.8, 4) is 0 Å². The number of hydrogen-bond acceptors (Lipinski definition) is 4. The highest BCUT2D eigenvalue weighted by molar-refractivity contribution is 5.76. The largest absolute Gasteiger partial charge is 0.361 e. The van der Waals surface area contributed by atoms with Crippen molar-refractivity contribution in [1.82, 2.24) is 10.1 Å². The zero-order valence-electron chi connectivity index (χ0n) is 10.8. The first kappa shape index (κ1) is 13.7. The van der Waals surface area contributed by atoms with Crippen LogP contribution in [0.15, 0.2) is 10.6 Å². The number of nitrogens with zero attached hydrogens (tertiary/aromatic N) is 2. The second-order valence-electron chi connectivity index (χ2n) is 4.39. The highest BCUT2D eigenvalue weighted by atomic mass is 16.5. The molecule has 1 heterocycles. The van der Waals surface area contributed by atoms with E-state index < -0.39 is 0 Å². The topological polar surface area (TPSA) is 72.4 Å². The molecule has 0 fully saturated rings. The van der Waals surface area contributed by atoms with Crippen LogP contribution in [-0.4, -0.2) is 29.6 Å². The summed E-state index contributed by atoms with van der Waals surface area (Å²) in [6.45, 7) is 4.92. The molecule has 2 N–H and O–H groups in total. The van der Waals surface area contributed by atoms with Gasteiger partial charge in [0.05, 0.1) is 6.54 Å². The SMILES string of the molecule is CCC(CN)CC(=O)N(C)Cc1cc(C)on1. The Morgan fingerprint density at radius 2 is 2.35 bits per heavy atom. The van der Waals surface area contributed by atoms with E-state index in [0.29, 0.717) is 19.5 Å². The maximum Gasteiger partial charge on any atom is 0.222 e. The van der Waals surface area contributed by atoms with Crippen molar-refractivity contribution in [1.29, 1.82) is 0 Å². The standard InChI is InChI=1S/C12H21N3O2/c1-4-10(7-13)6-12(16)15(3)8-11-5-9(2)17-14-11/h5,10H,4,6-8,13H2,1-3H3. The summed E-state index contributed by atoms with van der Waals surface area (Å²) >= 11 is 0. The summed E-state index contributed by atoms with van der Waals surface area (Å²) in [7, 11) is 1.77. The molecule has 1 aromatic rings. The molecular formula is C12H21N3O2. The molecule has 17 heavy (non-hydrogen) atoms. The fraction of sp³-hybridized carbons (Fsp3) is 0.667. The van der Waals surface area contributed by atoms with Crippen LogP contribution in [0.4, 0.5) is 0 Å². The molecule has 0 aromatic carbocycles. The minimum absolute atomic E-state index is 0.1000. The summed E-state index contributed by atoms with van der Waals surface area (Å²) in [5.41, 5.74) is 6.37. The van der Waals surface area contributed by atoms with Gasteiger partial charge < -0.3 is 15.2 Å². The number of nitrogens with two attached hydrogens (primary N) is 1. The van der Waals surface area contributed by atoms with Gasteiger partial charge in [0.2, 0.25) is 5.91 Å². The Kier molecular flexibility index (Phi) is 5.15. The Hall–Kier alpha value is -1.36. The van der Waals surface area contributed by atoms with Crippen LogP contribution in [0.2, 0.25) is 0 Å². The van der Waals surface area contributed by atoms with Crippen molar-refractivity contribution >= 4 is 5.91 Å². The van der Waals surface area contributed by atoms with Crippen molar-refractivity contribution in [2.45, 2.75) is 33.2 Å². The van der Waals surface area contributed by atoms with E-state index in [4.69, 9.17) is 10.3 Å². The van der Waals surface area contributed by atoms with E-state index in [-0.39, 0.29) is 11.8 Å². The highest BCUT2D eigenvalue weighted by Gasteiger charge is 2.15. The zero-order chi connectivity index (χ0) is 12.8. The molecule has 0 aliphatic carbocycles. The second kappa shape index (κ2) is 6.39. The number of aromatic nitrogens is 1. The molecule has 1 amide bonds. The van der Waals surface area contributed by atoms with Crippen LogP contribution < -0.4 is 5.73 Å². The molecule has 0 saturated heterocycles. The third-order valence-electron chi connectivity index (χ3n) is 2.88. The van der Waals surface area contributed by atoms with Crippen LogP contribution in [0.3, 0.4) is 0 Å². The van der Waals surface area contributed by atoms with Crippen LogP contribution in [0.1, 0.15) is 31.2 Å². The lowest BCUT2D eigenvalue weighted by Gasteiger charge is -2.18. The quantitative estimate of drug-likeness (QED) is 0.812. The Labute approximate surface area is 102 Å². The van der Waals surface area contributed by atoms with Crippen molar-refractivity contribution in [3.05, 3.63) is 17.5 Å². The van der Waals surface area contributed by atoms with Gasteiger partial charge in [0.1, 0.15) is 11.5 Å². The average molecular weight is 239 g/mol. The molecular weight excluding hydrogens is 218 g/mol. The number of amides is 1. The first-order chi connectivity index (χ1) is 8.06. The van der Waals surface area contributed by atoms with Crippen molar-refractivity contribution in [2.75, 3.05) is 13.6 Å². The Morgan fingerprint density at radius 1 is 1.65 bits per heavy atom. The number of carbonyl (C=O) groups excluding carboxylic acids is 1. The van der Waals surface area contributed by atoms with Gasteiger partial charge in [0, 0.05) is 19.5 Å². The first-order valence-corrected chi connectivity index (χ1v) is 5.93. The molecule has 0 spiro atoms. The second-order valence-corrected chi connectivity index (χ2v) is 4.39. The van der Waals surface area contributed by atoms with Crippen LogP contribution >= 0.6 is 0 Å². The van der Waals surface area contributed by atoms with Gasteiger partial charge in [-0.25, -0.2) is 0 Å². The molecule has 1 atom stereocenters. The summed E-state index contributed by atoms with van der Waals surface area (Å²) in [5, 5.41) is 3.86. The zero-order valence-corrected chi connectivity index (χ0v) is 10.8. The molecule has 5 heteroatoms. The normalized spacial score (nSPS) is 12.5. The fourth-order valence-corrected chi connectivity index (χ4v) is 1.62. The van der Waals surface area contributed by atoms with Gasteiger partial charge in [-0.1, -0.05) is 18.5 Å². The predicted octanol–water partition coefficient (Wildman–Crippen LogP) is 1.32. The minimum Gasteiger partial charge on any atom is -0.361 e. The minimum atomic E-state index is 0.1000. The van der Waals surface area contributed by atoms with Gasteiger partial charge in [-0.15, -0.1) is 0 Å². The molecule has 1 unspecified atom stereocenters. The van der Waals surface area contributed by atoms with E-state index in [9.17, 15) is 4.79 Å². The smallest absolute Gasteiger partial charge is 0.222 e. The van der Waals surface area contributed by atoms with E-state index >= 15 is 0 Å². The van der Waals surface area contributed by atoms with Crippen LogP contribution in [0, 0.1) is 12.8 Å². The molecule has 1 rings (SSSR count). The number of hydrogen-bond donors (Lipinski definition) is 1. The molecule has 96 valence electrons. The number of aryl methyl sites for hydroxylation is 1. The summed E-state index contributed by atoms with van der Waals surface area (Å²) in [4.78, 5) is 13.6. The van der Waals surface area contributed by atoms with E-state index in [0.717, 1.165) is 17.9 Å². The van der Waals surface area contributed by atoms with Crippen LogP contribution in [0.25, 0.3) is 0 Å². The molecule has 0 saturated carbocycles. The highest BCUT2D eigenvalue weighted by Crippen LogP contribution is 2.10. The van der Waals surface area contributed by atoms with Crippen LogP contribution in [-0.2, 0) is 11.3 Å². The Balaban J connectivity index is 2.46. The molecule has 5 nitrogen and oxygen atoms in total. The van der Waals surface area contributed by atoms with Crippen molar-refractivity contribution in [2.24, 2.45) is 11.7 Å². The van der Waals surface area contributed by atoms with E-state index in [1.807, 2.05) is 19.9 Å². The summed E-state index contributed by atoms with van der Waals surface area (Å²) in [6, 6.07) is 1.84. The summed E-state index contributed by atoms with van der Waals surface area (Å²) in [5.74, 6) is 1.13. The lowest BCUT2D eigenvalue weighted by molar-refractivity contribution is -0.131. The third kappa shape index (κ3) is 4.19. The maximum absolute atomic E-state index is 11.9. The van der Waals surface area contributed by atoms with Crippen LogP contribution in [0.5, 0.6) is 0 Å². The molecule has 0 bridgehead atoms. The van der Waals surface area contributed by atoms with E-state index in [2.05, 4.69) is 5.16 Å². The van der Waals surface area contributed by atoms with Crippen molar-refractivity contribution in [3.63, 3.8) is 0 Å². The fourth-order valence-electron chi connectivity index (χ4n) is 1.62. The monoisotopic (exact) mass is 239 g/mol. The number of carbonyl (C=O) groups is 1.